The average molecular weight is 400 g/mol. The Morgan fingerprint density at radius 2 is 1.77 bits per heavy atom. The molecule has 0 saturated carbocycles. The average Bonchev–Trinajstić information content (AvgIpc) is 3.08. The van der Waals surface area contributed by atoms with Crippen molar-refractivity contribution >= 4 is 44.7 Å². The van der Waals surface area contributed by atoms with E-state index in [2.05, 4.69) is 11.9 Å². The van der Waals surface area contributed by atoms with Crippen LogP contribution in [0.2, 0.25) is 0 Å². The molecule has 7 heteroatoms. The lowest BCUT2D eigenvalue weighted by molar-refractivity contribution is 0.0502. The van der Waals surface area contributed by atoms with Gasteiger partial charge in [-0.15, -0.1) is 0 Å². The summed E-state index contributed by atoms with van der Waals surface area (Å²) in [5, 5.41) is 0.514. The maximum absolute atomic E-state index is 13.1. The summed E-state index contributed by atoms with van der Waals surface area (Å²) in [5.74, 6) is -0.505. The Balaban J connectivity index is 1.85. The number of esters is 1. The molecule has 2 aromatic carbocycles. The minimum Gasteiger partial charge on any atom is -0.462 e. The first-order valence-corrected chi connectivity index (χ1v) is 10.1. The minimum absolute atomic E-state index is 0.239. The van der Waals surface area contributed by atoms with Crippen LogP contribution in [-0.2, 0) is 4.74 Å². The van der Waals surface area contributed by atoms with E-state index in [9.17, 15) is 9.59 Å². The fourth-order valence-electron chi connectivity index (χ4n) is 3.82. The zero-order valence-corrected chi connectivity index (χ0v) is 16.5. The summed E-state index contributed by atoms with van der Waals surface area (Å²) in [7, 11) is 0. The van der Waals surface area contributed by atoms with Crippen LogP contribution >= 0.6 is 0 Å². The van der Waals surface area contributed by atoms with E-state index in [1.807, 2.05) is 36.4 Å². The number of fused-ring (bicyclic) bond motifs is 6. The number of aromatic nitrogens is 4. The van der Waals surface area contributed by atoms with Crippen molar-refractivity contribution in [2.24, 2.45) is 0 Å². The van der Waals surface area contributed by atoms with E-state index < -0.39 is 5.97 Å². The molecule has 3 heterocycles. The highest BCUT2D eigenvalue weighted by Gasteiger charge is 2.25. The summed E-state index contributed by atoms with van der Waals surface area (Å²) in [6.07, 6.45) is 2.81. The normalized spacial score (nSPS) is 11.6. The molecule has 150 valence electrons. The number of unbranched alkanes of at least 4 members (excludes halogenated alkanes) is 2. The van der Waals surface area contributed by atoms with Crippen molar-refractivity contribution in [1.82, 2.24) is 19.4 Å². The van der Waals surface area contributed by atoms with Gasteiger partial charge in [0.05, 0.1) is 28.5 Å². The molecular formula is C23H20N4O3. The number of H-pyrrole nitrogens is 1. The molecule has 5 aromatic rings. The smallest absolute Gasteiger partial charge is 0.344 e. The number of aromatic amines is 1. The number of nitrogens with one attached hydrogen (secondary N) is 1. The number of ether oxygens (including phenoxy) is 1. The second-order valence-corrected chi connectivity index (χ2v) is 7.26. The number of rotatable bonds is 5. The Morgan fingerprint density at radius 3 is 2.57 bits per heavy atom. The second kappa shape index (κ2) is 7.26. The van der Waals surface area contributed by atoms with Crippen LogP contribution in [-0.4, -0.2) is 31.9 Å². The number of nitrogens with zero attached hydrogens (tertiary/aromatic N) is 3. The Labute approximate surface area is 171 Å². The number of hydrogen-bond donors (Lipinski definition) is 1. The Morgan fingerprint density at radius 1 is 1.03 bits per heavy atom. The van der Waals surface area contributed by atoms with Crippen LogP contribution in [0.3, 0.4) is 0 Å². The van der Waals surface area contributed by atoms with Gasteiger partial charge in [0.25, 0.3) is 5.56 Å². The van der Waals surface area contributed by atoms with Crippen LogP contribution in [0.1, 0.15) is 36.5 Å². The molecule has 0 aliphatic heterocycles. The summed E-state index contributed by atoms with van der Waals surface area (Å²) in [5.41, 5.74) is 3.29. The molecule has 5 rings (SSSR count). The predicted molar refractivity (Wildman–Crippen MR) is 116 cm³/mol. The first-order chi connectivity index (χ1) is 14.7. The first-order valence-electron chi connectivity index (χ1n) is 10.1. The SMILES string of the molecule is CCCCCOC(=O)c1c2nc3ccccc3nc2n2c1[nH]c(=O)c1ccccc12. The van der Waals surface area contributed by atoms with Gasteiger partial charge in [0.1, 0.15) is 16.7 Å². The zero-order valence-electron chi connectivity index (χ0n) is 16.5. The fourth-order valence-corrected chi connectivity index (χ4v) is 3.82. The zero-order chi connectivity index (χ0) is 20.7. The second-order valence-electron chi connectivity index (χ2n) is 7.26. The van der Waals surface area contributed by atoms with Crippen LogP contribution in [0.5, 0.6) is 0 Å². The summed E-state index contributed by atoms with van der Waals surface area (Å²) < 4.78 is 7.31. The van der Waals surface area contributed by atoms with Gasteiger partial charge in [-0.05, 0) is 30.7 Å². The molecule has 30 heavy (non-hydrogen) atoms. The quantitative estimate of drug-likeness (QED) is 0.352. The maximum Gasteiger partial charge on any atom is 0.344 e. The molecule has 0 aliphatic rings. The molecule has 7 nitrogen and oxygen atoms in total. The molecule has 0 aliphatic carbocycles. The molecule has 0 bridgehead atoms. The van der Waals surface area contributed by atoms with E-state index >= 15 is 0 Å². The van der Waals surface area contributed by atoms with Crippen molar-refractivity contribution in [1.29, 1.82) is 0 Å². The van der Waals surface area contributed by atoms with Gasteiger partial charge in [0.2, 0.25) is 0 Å². The van der Waals surface area contributed by atoms with Gasteiger partial charge >= 0.3 is 5.97 Å². The Bertz CT molecular complexity index is 1480. The summed E-state index contributed by atoms with van der Waals surface area (Å²) >= 11 is 0. The standard InChI is InChI=1S/C23H20N4O3/c1-2-3-8-13-30-23(29)18-19-21(25-16-11-6-5-10-15(16)24-19)27-17-12-7-4-9-14(17)22(28)26-20(18)27/h4-7,9-12H,2-3,8,13H2,1H3,(H,26,28). The molecular weight excluding hydrogens is 380 g/mol. The molecule has 0 amide bonds. The van der Waals surface area contributed by atoms with Crippen molar-refractivity contribution in [2.75, 3.05) is 6.61 Å². The highest BCUT2D eigenvalue weighted by Crippen LogP contribution is 2.28. The molecule has 0 fully saturated rings. The van der Waals surface area contributed by atoms with E-state index in [1.165, 1.54) is 0 Å². The molecule has 0 atom stereocenters. The molecule has 0 saturated heterocycles. The lowest BCUT2D eigenvalue weighted by Gasteiger charge is -2.05. The van der Waals surface area contributed by atoms with Crippen LogP contribution < -0.4 is 5.56 Å². The molecule has 0 radical (unpaired) electrons. The third-order valence-corrected chi connectivity index (χ3v) is 5.27. The summed E-state index contributed by atoms with van der Waals surface area (Å²) in [6, 6.07) is 14.7. The van der Waals surface area contributed by atoms with Crippen molar-refractivity contribution in [3.8, 4) is 0 Å². The van der Waals surface area contributed by atoms with Gasteiger partial charge in [0.15, 0.2) is 5.65 Å². The number of para-hydroxylation sites is 3. The monoisotopic (exact) mass is 400 g/mol. The number of benzene rings is 2. The van der Waals surface area contributed by atoms with Gasteiger partial charge in [0, 0.05) is 0 Å². The summed E-state index contributed by atoms with van der Waals surface area (Å²) in [6.45, 7) is 2.41. The third-order valence-electron chi connectivity index (χ3n) is 5.27. The predicted octanol–water partition coefficient (Wildman–Crippen LogP) is 4.22. The third kappa shape index (κ3) is 2.82. The van der Waals surface area contributed by atoms with Crippen molar-refractivity contribution < 1.29 is 9.53 Å². The van der Waals surface area contributed by atoms with Gasteiger partial charge in [-0.1, -0.05) is 44.0 Å². The van der Waals surface area contributed by atoms with E-state index in [0.717, 1.165) is 19.3 Å². The molecule has 3 aromatic heterocycles. The van der Waals surface area contributed by atoms with Gasteiger partial charge in [-0.25, -0.2) is 14.8 Å². The first kappa shape index (κ1) is 18.3. The van der Waals surface area contributed by atoms with Crippen LogP contribution in [0.15, 0.2) is 53.3 Å². The number of carbonyl (C=O) groups excluding carboxylic acids is 1. The summed E-state index contributed by atoms with van der Waals surface area (Å²) in [4.78, 5) is 38.1. The topological polar surface area (TPSA) is 89.3 Å². The van der Waals surface area contributed by atoms with Crippen LogP contribution in [0.4, 0.5) is 0 Å². The van der Waals surface area contributed by atoms with Crippen molar-refractivity contribution in [3.05, 3.63) is 64.4 Å². The van der Waals surface area contributed by atoms with E-state index in [4.69, 9.17) is 14.7 Å². The van der Waals surface area contributed by atoms with E-state index in [1.54, 1.807) is 16.5 Å². The highest BCUT2D eigenvalue weighted by atomic mass is 16.5. The molecule has 0 spiro atoms. The maximum atomic E-state index is 13.1. The Hall–Kier alpha value is -3.74. The van der Waals surface area contributed by atoms with Crippen LogP contribution in [0.25, 0.3) is 38.7 Å². The van der Waals surface area contributed by atoms with Gasteiger partial charge < -0.3 is 9.72 Å². The molecule has 1 N–H and O–H groups in total. The number of carbonyl (C=O) groups is 1. The van der Waals surface area contributed by atoms with Gasteiger partial charge in [-0.2, -0.15) is 0 Å². The Kier molecular flexibility index (Phi) is 4.43. The lowest BCUT2D eigenvalue weighted by Crippen LogP contribution is -2.13. The van der Waals surface area contributed by atoms with Gasteiger partial charge in [-0.3, -0.25) is 9.20 Å². The fraction of sp³-hybridized carbons (Fsp3) is 0.217. The van der Waals surface area contributed by atoms with Crippen LogP contribution in [0, 0.1) is 0 Å². The highest BCUT2D eigenvalue weighted by molar-refractivity contribution is 6.11. The van der Waals surface area contributed by atoms with Crippen molar-refractivity contribution in [2.45, 2.75) is 26.2 Å². The lowest BCUT2D eigenvalue weighted by atomic mass is 10.2. The number of hydrogen-bond acceptors (Lipinski definition) is 5. The molecule has 0 unspecified atom stereocenters. The van der Waals surface area contributed by atoms with E-state index in [0.29, 0.717) is 45.4 Å². The van der Waals surface area contributed by atoms with E-state index in [-0.39, 0.29) is 11.1 Å². The largest absolute Gasteiger partial charge is 0.462 e. The minimum atomic E-state index is -0.505. The van der Waals surface area contributed by atoms with Crippen molar-refractivity contribution in [3.63, 3.8) is 0 Å².